The maximum atomic E-state index is 12.6. The van der Waals surface area contributed by atoms with Crippen molar-refractivity contribution < 1.29 is 0 Å². The van der Waals surface area contributed by atoms with Crippen molar-refractivity contribution in [2.24, 2.45) is 0 Å². The van der Waals surface area contributed by atoms with Gasteiger partial charge in [-0.3, -0.25) is 4.79 Å². The van der Waals surface area contributed by atoms with Crippen molar-refractivity contribution in [3.8, 4) is 11.3 Å². The number of piperazine rings is 1. The first kappa shape index (κ1) is 20.9. The van der Waals surface area contributed by atoms with E-state index in [1.165, 1.54) is 0 Å². The van der Waals surface area contributed by atoms with Gasteiger partial charge in [-0.15, -0.1) is 0 Å². The SMILES string of the molecule is CCN1CCN(c2ccc(Nc3nc(-c4ccc(N)nc4)cc4cc[nH]c(=O)c34)nc2)CC1. The summed E-state index contributed by atoms with van der Waals surface area (Å²) in [5, 5.41) is 4.49. The molecule has 0 atom stereocenters. The van der Waals surface area contributed by atoms with Crippen LogP contribution in [0.5, 0.6) is 0 Å². The Morgan fingerprint density at radius 3 is 2.61 bits per heavy atom. The number of rotatable bonds is 5. The van der Waals surface area contributed by atoms with E-state index in [-0.39, 0.29) is 5.56 Å². The van der Waals surface area contributed by atoms with E-state index in [0.717, 1.165) is 49.4 Å². The number of nitrogen functional groups attached to an aromatic ring is 1. The Hall–Kier alpha value is -3.98. The van der Waals surface area contributed by atoms with Crippen LogP contribution in [0, 0.1) is 0 Å². The van der Waals surface area contributed by atoms with Gasteiger partial charge >= 0.3 is 0 Å². The van der Waals surface area contributed by atoms with E-state index < -0.39 is 0 Å². The third kappa shape index (κ3) is 4.35. The minimum Gasteiger partial charge on any atom is -0.384 e. The normalized spacial score (nSPS) is 14.5. The summed E-state index contributed by atoms with van der Waals surface area (Å²) < 4.78 is 0. The Balaban J connectivity index is 1.45. The summed E-state index contributed by atoms with van der Waals surface area (Å²) >= 11 is 0. The summed E-state index contributed by atoms with van der Waals surface area (Å²) in [6.45, 7) is 7.37. The van der Waals surface area contributed by atoms with Crippen molar-refractivity contribution in [1.82, 2.24) is 24.8 Å². The van der Waals surface area contributed by atoms with Crippen LogP contribution in [0.1, 0.15) is 6.92 Å². The lowest BCUT2D eigenvalue weighted by Crippen LogP contribution is -2.46. The van der Waals surface area contributed by atoms with Gasteiger partial charge in [-0.2, -0.15) is 0 Å². The average Bonchev–Trinajstić information content (AvgIpc) is 2.85. The summed E-state index contributed by atoms with van der Waals surface area (Å²) in [5.41, 5.74) is 8.10. The van der Waals surface area contributed by atoms with E-state index in [1.54, 1.807) is 18.5 Å². The Morgan fingerprint density at radius 2 is 1.91 bits per heavy atom. The molecule has 0 unspecified atom stereocenters. The fraction of sp³-hybridized carbons (Fsp3) is 0.250. The first-order valence-corrected chi connectivity index (χ1v) is 11.1. The summed E-state index contributed by atoms with van der Waals surface area (Å²) in [6.07, 6.45) is 5.17. The van der Waals surface area contributed by atoms with E-state index in [2.05, 4.69) is 43.1 Å². The molecule has 0 bridgehead atoms. The highest BCUT2D eigenvalue weighted by atomic mass is 16.1. The van der Waals surface area contributed by atoms with Gasteiger partial charge in [0.25, 0.3) is 5.56 Å². The molecule has 168 valence electrons. The van der Waals surface area contributed by atoms with Gasteiger partial charge in [-0.1, -0.05) is 6.92 Å². The monoisotopic (exact) mass is 442 g/mol. The summed E-state index contributed by atoms with van der Waals surface area (Å²) in [4.78, 5) is 33.6. The molecule has 0 radical (unpaired) electrons. The van der Waals surface area contributed by atoms with Gasteiger partial charge in [0.1, 0.15) is 17.5 Å². The van der Waals surface area contributed by atoms with Crippen LogP contribution in [0.4, 0.5) is 23.1 Å². The standard InChI is InChI=1S/C24H26N8O/c1-2-31-9-11-32(12-10-31)18-4-6-21(28-15-18)30-23-22-16(7-8-26-24(22)33)13-19(29-23)17-3-5-20(25)27-14-17/h3-8,13-15H,2,9-12H2,1H3,(H2,25,27)(H,26,33)(H,28,29,30). The molecule has 1 fully saturated rings. The molecule has 4 aromatic heterocycles. The van der Waals surface area contributed by atoms with Crippen molar-refractivity contribution >= 4 is 33.9 Å². The number of nitrogens with one attached hydrogen (secondary N) is 2. The number of fused-ring (bicyclic) bond motifs is 1. The van der Waals surface area contributed by atoms with Gasteiger partial charge < -0.3 is 25.8 Å². The van der Waals surface area contributed by atoms with Crippen LogP contribution in [-0.2, 0) is 0 Å². The van der Waals surface area contributed by atoms with Crippen LogP contribution < -0.4 is 21.5 Å². The van der Waals surface area contributed by atoms with Crippen molar-refractivity contribution in [3.63, 3.8) is 0 Å². The molecule has 33 heavy (non-hydrogen) atoms. The molecule has 1 aliphatic heterocycles. The van der Waals surface area contributed by atoms with Gasteiger partial charge in [0.15, 0.2) is 0 Å². The number of hydrogen-bond donors (Lipinski definition) is 3. The molecule has 9 heteroatoms. The van der Waals surface area contributed by atoms with Gasteiger partial charge in [0.2, 0.25) is 0 Å². The topological polar surface area (TPSA) is 116 Å². The molecule has 0 aromatic carbocycles. The maximum absolute atomic E-state index is 12.6. The van der Waals surface area contributed by atoms with Gasteiger partial charge in [-0.05, 0) is 48.3 Å². The van der Waals surface area contributed by atoms with E-state index in [4.69, 9.17) is 10.7 Å². The van der Waals surface area contributed by atoms with E-state index in [0.29, 0.717) is 28.5 Å². The largest absolute Gasteiger partial charge is 0.384 e. The molecule has 0 saturated carbocycles. The Bertz CT molecular complexity index is 1310. The van der Waals surface area contributed by atoms with Crippen LogP contribution >= 0.6 is 0 Å². The van der Waals surface area contributed by atoms with E-state index in [9.17, 15) is 4.79 Å². The third-order valence-electron chi connectivity index (χ3n) is 6.02. The van der Waals surface area contributed by atoms with Crippen LogP contribution in [0.25, 0.3) is 22.0 Å². The fourth-order valence-corrected chi connectivity index (χ4v) is 4.10. The molecular weight excluding hydrogens is 416 g/mol. The summed E-state index contributed by atoms with van der Waals surface area (Å²) in [5.74, 6) is 1.50. The lowest BCUT2D eigenvalue weighted by Gasteiger charge is -2.35. The van der Waals surface area contributed by atoms with Crippen LogP contribution in [0.15, 0.2) is 59.8 Å². The zero-order valence-corrected chi connectivity index (χ0v) is 18.5. The molecule has 4 N–H and O–H groups in total. The molecule has 1 aliphatic rings. The summed E-state index contributed by atoms with van der Waals surface area (Å²) in [6, 6.07) is 11.3. The number of nitrogens with zero attached hydrogens (tertiary/aromatic N) is 5. The second-order valence-corrected chi connectivity index (χ2v) is 8.05. The van der Waals surface area contributed by atoms with Gasteiger partial charge in [0, 0.05) is 44.1 Å². The number of aromatic amines is 1. The van der Waals surface area contributed by atoms with E-state index in [1.807, 2.05) is 30.5 Å². The predicted octanol–water partition coefficient (Wildman–Crippen LogP) is 2.85. The molecule has 9 nitrogen and oxygen atoms in total. The molecule has 0 aliphatic carbocycles. The zero-order valence-electron chi connectivity index (χ0n) is 18.5. The van der Waals surface area contributed by atoms with Crippen LogP contribution in [0.3, 0.4) is 0 Å². The van der Waals surface area contributed by atoms with Crippen molar-refractivity contribution in [1.29, 1.82) is 0 Å². The number of H-pyrrole nitrogens is 1. The molecule has 0 spiro atoms. The quantitative estimate of drug-likeness (QED) is 0.432. The van der Waals surface area contributed by atoms with Crippen molar-refractivity contribution in [2.75, 3.05) is 48.7 Å². The van der Waals surface area contributed by atoms with Crippen molar-refractivity contribution in [3.05, 3.63) is 65.3 Å². The number of hydrogen-bond acceptors (Lipinski definition) is 8. The highest BCUT2D eigenvalue weighted by Crippen LogP contribution is 2.28. The van der Waals surface area contributed by atoms with Gasteiger partial charge in [-0.25, -0.2) is 15.0 Å². The molecule has 5 heterocycles. The Morgan fingerprint density at radius 1 is 1.06 bits per heavy atom. The molecule has 1 saturated heterocycles. The highest BCUT2D eigenvalue weighted by Gasteiger charge is 2.17. The van der Waals surface area contributed by atoms with E-state index >= 15 is 0 Å². The minimum absolute atomic E-state index is 0.213. The number of nitrogens with two attached hydrogens (primary N) is 1. The Kier molecular flexibility index (Phi) is 5.62. The second kappa shape index (κ2) is 8.87. The number of anilines is 4. The van der Waals surface area contributed by atoms with Gasteiger partial charge in [0.05, 0.1) is 23.0 Å². The second-order valence-electron chi connectivity index (χ2n) is 8.05. The fourth-order valence-electron chi connectivity index (χ4n) is 4.10. The highest BCUT2D eigenvalue weighted by molar-refractivity contribution is 5.94. The summed E-state index contributed by atoms with van der Waals surface area (Å²) in [7, 11) is 0. The Labute approximate surface area is 191 Å². The number of aromatic nitrogens is 4. The smallest absolute Gasteiger partial charge is 0.259 e. The van der Waals surface area contributed by atoms with Crippen LogP contribution in [0.2, 0.25) is 0 Å². The number of pyridine rings is 4. The molecule has 4 aromatic rings. The molecule has 0 amide bonds. The molecular formula is C24H26N8O. The first-order chi connectivity index (χ1) is 16.1. The zero-order chi connectivity index (χ0) is 22.8. The van der Waals surface area contributed by atoms with Crippen LogP contribution in [-0.4, -0.2) is 57.6 Å². The predicted molar refractivity (Wildman–Crippen MR) is 132 cm³/mol. The maximum Gasteiger partial charge on any atom is 0.259 e. The average molecular weight is 443 g/mol. The first-order valence-electron chi connectivity index (χ1n) is 11.1. The lowest BCUT2D eigenvalue weighted by molar-refractivity contribution is 0.271. The van der Waals surface area contributed by atoms with Crippen molar-refractivity contribution in [2.45, 2.75) is 6.92 Å². The minimum atomic E-state index is -0.213. The third-order valence-corrected chi connectivity index (χ3v) is 6.02. The molecule has 5 rings (SSSR count). The lowest BCUT2D eigenvalue weighted by atomic mass is 10.1. The number of likely N-dealkylation sites (N-methyl/N-ethyl adjacent to an activating group) is 1.